The molecule has 0 unspecified atom stereocenters. The lowest BCUT2D eigenvalue weighted by atomic mass is 10.2. The number of nitrogens with one attached hydrogen (secondary N) is 1. The number of halogens is 1. The molecule has 1 N–H and O–H groups in total. The maximum atomic E-state index is 10.9. The van der Waals surface area contributed by atoms with E-state index in [4.69, 9.17) is 5.26 Å². The first kappa shape index (κ1) is 13.5. The fourth-order valence-corrected chi connectivity index (χ4v) is 2.61. The van der Waals surface area contributed by atoms with Crippen LogP contribution in [0.3, 0.4) is 0 Å². The van der Waals surface area contributed by atoms with Gasteiger partial charge in [-0.3, -0.25) is 10.1 Å². The molecule has 2 aromatic rings. The Labute approximate surface area is 121 Å². The summed E-state index contributed by atoms with van der Waals surface area (Å²) < 4.78 is 0.660. The number of nitriles is 1. The van der Waals surface area contributed by atoms with E-state index >= 15 is 0 Å². The number of thiophene rings is 1. The predicted octanol–water partition coefficient (Wildman–Crippen LogP) is 3.90. The normalized spacial score (nSPS) is 9.89. The van der Waals surface area contributed by atoms with Crippen molar-refractivity contribution < 1.29 is 4.92 Å². The van der Waals surface area contributed by atoms with Gasteiger partial charge in [-0.2, -0.15) is 5.26 Å². The highest BCUT2D eigenvalue weighted by Crippen LogP contribution is 2.28. The van der Waals surface area contributed by atoms with E-state index in [9.17, 15) is 10.1 Å². The number of nitro groups is 1. The smallest absolute Gasteiger partial charge is 0.293 e. The number of hydrogen-bond donors (Lipinski definition) is 1. The molecule has 0 aliphatic heterocycles. The SMILES string of the molecule is N#Cc1ccc(CNc2ccc(Br)cc2[N+](=O)[O-])s1. The number of nitro benzene ring substituents is 1. The molecule has 0 saturated carbocycles. The summed E-state index contributed by atoms with van der Waals surface area (Å²) in [5.74, 6) is 0. The van der Waals surface area contributed by atoms with Gasteiger partial charge in [0.2, 0.25) is 0 Å². The number of anilines is 1. The van der Waals surface area contributed by atoms with Gasteiger partial charge in [-0.25, -0.2) is 0 Å². The molecule has 1 heterocycles. The third kappa shape index (κ3) is 3.30. The Balaban J connectivity index is 2.15. The van der Waals surface area contributed by atoms with E-state index in [2.05, 4.69) is 27.3 Å². The van der Waals surface area contributed by atoms with Gasteiger partial charge >= 0.3 is 0 Å². The zero-order chi connectivity index (χ0) is 13.8. The molecule has 0 radical (unpaired) electrons. The van der Waals surface area contributed by atoms with Crippen LogP contribution >= 0.6 is 27.3 Å². The van der Waals surface area contributed by atoms with Gasteiger partial charge in [0.05, 0.1) is 4.92 Å². The molecule has 0 bridgehead atoms. The molecule has 0 spiro atoms. The second-order valence-electron chi connectivity index (χ2n) is 3.65. The van der Waals surface area contributed by atoms with Gasteiger partial charge < -0.3 is 5.32 Å². The molecular weight excluding hydrogens is 330 g/mol. The second-order valence-corrected chi connectivity index (χ2v) is 5.73. The van der Waals surface area contributed by atoms with Crippen molar-refractivity contribution in [1.29, 1.82) is 5.26 Å². The van der Waals surface area contributed by atoms with Crippen LogP contribution < -0.4 is 5.32 Å². The maximum Gasteiger partial charge on any atom is 0.293 e. The monoisotopic (exact) mass is 337 g/mol. The lowest BCUT2D eigenvalue weighted by Crippen LogP contribution is -2.01. The Kier molecular flexibility index (Phi) is 4.14. The van der Waals surface area contributed by atoms with Gasteiger partial charge in [0, 0.05) is 22.0 Å². The van der Waals surface area contributed by atoms with E-state index in [0.717, 1.165) is 4.88 Å². The Bertz CT molecular complexity index is 663. The third-order valence-electron chi connectivity index (χ3n) is 2.38. The molecule has 7 heteroatoms. The van der Waals surface area contributed by atoms with E-state index in [0.29, 0.717) is 21.6 Å². The van der Waals surface area contributed by atoms with Crippen LogP contribution in [0.4, 0.5) is 11.4 Å². The van der Waals surface area contributed by atoms with Gasteiger partial charge in [0.15, 0.2) is 0 Å². The van der Waals surface area contributed by atoms with Gasteiger partial charge in [0.25, 0.3) is 5.69 Å². The molecule has 2 rings (SSSR count). The van der Waals surface area contributed by atoms with E-state index in [1.807, 2.05) is 6.07 Å². The van der Waals surface area contributed by atoms with Crippen molar-refractivity contribution in [3.8, 4) is 6.07 Å². The van der Waals surface area contributed by atoms with E-state index < -0.39 is 4.92 Å². The minimum absolute atomic E-state index is 0.0198. The quantitative estimate of drug-likeness (QED) is 0.677. The molecule has 0 amide bonds. The fraction of sp³-hybridized carbons (Fsp3) is 0.0833. The first-order chi connectivity index (χ1) is 9.10. The average molecular weight is 338 g/mol. The third-order valence-corrected chi connectivity index (χ3v) is 3.86. The number of nitrogens with zero attached hydrogens (tertiary/aromatic N) is 2. The highest BCUT2D eigenvalue weighted by Gasteiger charge is 2.13. The van der Waals surface area contributed by atoms with Crippen molar-refractivity contribution in [3.05, 3.63) is 54.7 Å². The van der Waals surface area contributed by atoms with Crippen LogP contribution in [-0.4, -0.2) is 4.92 Å². The molecule has 0 fully saturated rings. The molecule has 19 heavy (non-hydrogen) atoms. The van der Waals surface area contributed by atoms with Crippen molar-refractivity contribution in [1.82, 2.24) is 0 Å². The number of rotatable bonds is 4. The molecule has 0 aliphatic carbocycles. The minimum Gasteiger partial charge on any atom is -0.375 e. The molecule has 1 aromatic heterocycles. The van der Waals surface area contributed by atoms with Crippen LogP contribution in [-0.2, 0) is 6.54 Å². The highest BCUT2D eigenvalue weighted by atomic mass is 79.9. The summed E-state index contributed by atoms with van der Waals surface area (Å²) in [5.41, 5.74) is 0.478. The van der Waals surface area contributed by atoms with E-state index in [1.54, 1.807) is 18.2 Å². The lowest BCUT2D eigenvalue weighted by molar-refractivity contribution is -0.384. The van der Waals surface area contributed by atoms with Crippen molar-refractivity contribution in [2.45, 2.75) is 6.54 Å². The molecule has 0 saturated heterocycles. The Hall–Kier alpha value is -1.91. The molecule has 1 aromatic carbocycles. The van der Waals surface area contributed by atoms with Crippen molar-refractivity contribution >= 4 is 38.6 Å². The summed E-state index contributed by atoms with van der Waals surface area (Å²) in [6, 6.07) is 10.5. The Morgan fingerprint density at radius 1 is 1.42 bits per heavy atom. The van der Waals surface area contributed by atoms with Gasteiger partial charge in [-0.1, -0.05) is 15.9 Å². The van der Waals surface area contributed by atoms with Crippen LogP contribution in [0.1, 0.15) is 9.75 Å². The Morgan fingerprint density at radius 2 is 2.21 bits per heavy atom. The number of hydrogen-bond acceptors (Lipinski definition) is 5. The maximum absolute atomic E-state index is 10.9. The summed E-state index contributed by atoms with van der Waals surface area (Å²) >= 11 is 4.57. The van der Waals surface area contributed by atoms with E-state index in [1.165, 1.54) is 17.4 Å². The van der Waals surface area contributed by atoms with Crippen molar-refractivity contribution in [3.63, 3.8) is 0 Å². The molecule has 0 atom stereocenters. The standard InChI is InChI=1S/C12H8BrN3O2S/c13-8-1-4-11(12(5-8)16(17)18)15-7-10-3-2-9(6-14)19-10/h1-5,15H,7H2. The largest absolute Gasteiger partial charge is 0.375 e. The zero-order valence-corrected chi connectivity index (χ0v) is 12.0. The summed E-state index contributed by atoms with van der Waals surface area (Å²) in [6.45, 7) is 0.453. The fourth-order valence-electron chi connectivity index (χ4n) is 1.52. The summed E-state index contributed by atoms with van der Waals surface area (Å²) in [6.07, 6.45) is 0. The molecule has 5 nitrogen and oxygen atoms in total. The average Bonchev–Trinajstić information content (AvgIpc) is 2.85. The van der Waals surface area contributed by atoms with Gasteiger partial charge in [0.1, 0.15) is 16.6 Å². The zero-order valence-electron chi connectivity index (χ0n) is 9.59. The summed E-state index contributed by atoms with van der Waals surface area (Å²) in [7, 11) is 0. The van der Waals surface area contributed by atoms with Crippen molar-refractivity contribution in [2.75, 3.05) is 5.32 Å². The summed E-state index contributed by atoms with van der Waals surface area (Å²) in [5, 5.41) is 22.7. The van der Waals surface area contributed by atoms with Gasteiger partial charge in [-0.05, 0) is 24.3 Å². The van der Waals surface area contributed by atoms with Crippen molar-refractivity contribution in [2.24, 2.45) is 0 Å². The predicted molar refractivity (Wildman–Crippen MR) is 77.2 cm³/mol. The van der Waals surface area contributed by atoms with Crippen LogP contribution in [0.5, 0.6) is 0 Å². The van der Waals surface area contributed by atoms with Gasteiger partial charge in [-0.15, -0.1) is 11.3 Å². The first-order valence-electron chi connectivity index (χ1n) is 5.27. The number of benzene rings is 1. The van der Waals surface area contributed by atoms with E-state index in [-0.39, 0.29) is 5.69 Å². The molecule has 0 aliphatic rings. The first-order valence-corrected chi connectivity index (χ1v) is 6.87. The minimum atomic E-state index is -0.428. The van der Waals surface area contributed by atoms with Crippen LogP contribution in [0.15, 0.2) is 34.8 Å². The second kappa shape index (κ2) is 5.82. The molecule has 96 valence electrons. The molecular formula is C12H8BrN3O2S. The topological polar surface area (TPSA) is 79.0 Å². The summed E-state index contributed by atoms with van der Waals surface area (Å²) in [4.78, 5) is 12.1. The highest BCUT2D eigenvalue weighted by molar-refractivity contribution is 9.10. The van der Waals surface area contributed by atoms with Crippen LogP contribution in [0.2, 0.25) is 0 Å². The van der Waals surface area contributed by atoms with Crippen LogP contribution in [0.25, 0.3) is 0 Å². The van der Waals surface area contributed by atoms with Crippen LogP contribution in [0, 0.1) is 21.4 Å². The Morgan fingerprint density at radius 3 is 2.84 bits per heavy atom. The lowest BCUT2D eigenvalue weighted by Gasteiger charge is -2.05.